The van der Waals surface area contributed by atoms with Gasteiger partial charge in [0.15, 0.2) is 6.61 Å². The number of nitrogens with one attached hydrogen (secondary N) is 1. The van der Waals surface area contributed by atoms with Gasteiger partial charge in [-0.05, 0) is 54.4 Å². The fourth-order valence-corrected chi connectivity index (χ4v) is 3.55. The highest BCUT2D eigenvalue weighted by atomic mass is 35.5. The van der Waals surface area contributed by atoms with E-state index in [1.54, 1.807) is 36.4 Å². The average Bonchev–Trinajstić information content (AvgIpc) is 3.04. The predicted molar refractivity (Wildman–Crippen MR) is 119 cm³/mol. The molecule has 0 atom stereocenters. The molecule has 1 heterocycles. The van der Waals surface area contributed by atoms with Gasteiger partial charge in [-0.2, -0.15) is 0 Å². The summed E-state index contributed by atoms with van der Waals surface area (Å²) in [4.78, 5) is 38.6. The summed E-state index contributed by atoms with van der Waals surface area (Å²) < 4.78 is 5.50. The Balaban J connectivity index is 1.42. The van der Waals surface area contributed by atoms with Gasteiger partial charge in [0.25, 0.3) is 17.7 Å². The number of nitrogens with zero attached hydrogens (tertiary/aromatic N) is 1. The fraction of sp³-hybridized carbons (Fsp3) is 0.125. The number of anilines is 2. The third-order valence-electron chi connectivity index (χ3n) is 4.98. The number of halogens is 1. The zero-order chi connectivity index (χ0) is 22.0. The molecule has 31 heavy (non-hydrogen) atoms. The molecule has 0 spiro atoms. The molecule has 0 bridgehead atoms. The Labute approximate surface area is 184 Å². The van der Waals surface area contributed by atoms with Crippen LogP contribution >= 0.6 is 11.6 Å². The highest BCUT2D eigenvalue weighted by molar-refractivity contribution is 6.36. The molecule has 3 amide bonds. The highest BCUT2D eigenvalue weighted by Crippen LogP contribution is 2.32. The van der Waals surface area contributed by atoms with Crippen molar-refractivity contribution in [1.29, 1.82) is 0 Å². The number of aryl methyl sites for hydroxylation is 1. The van der Waals surface area contributed by atoms with Gasteiger partial charge in [0.2, 0.25) is 0 Å². The number of carbonyl (C=O) groups is 3. The standard InChI is InChI=1S/C24H19ClN2O4/c1-2-15-7-10-17(11-8-15)31-14-22(28)26-21-12-9-16(13-20(21)25)27-23(29)18-5-3-4-6-19(18)24(27)30/h3-13H,2,14H2,1H3,(H,26,28). The van der Waals surface area contributed by atoms with E-state index in [0.717, 1.165) is 11.3 Å². The summed E-state index contributed by atoms with van der Waals surface area (Å²) in [5.74, 6) is -0.596. The zero-order valence-corrected chi connectivity index (χ0v) is 17.5. The van der Waals surface area contributed by atoms with Crippen molar-refractivity contribution in [3.05, 3.63) is 88.4 Å². The number of rotatable bonds is 6. The van der Waals surface area contributed by atoms with E-state index in [9.17, 15) is 14.4 Å². The molecule has 0 unspecified atom stereocenters. The summed E-state index contributed by atoms with van der Waals surface area (Å²) in [6, 6.07) is 18.8. The lowest BCUT2D eigenvalue weighted by Gasteiger charge is -2.16. The minimum Gasteiger partial charge on any atom is -0.484 e. The van der Waals surface area contributed by atoms with Crippen LogP contribution in [0.25, 0.3) is 0 Å². The maximum atomic E-state index is 12.6. The van der Waals surface area contributed by atoms with Crippen LogP contribution in [0.15, 0.2) is 66.7 Å². The van der Waals surface area contributed by atoms with E-state index in [2.05, 4.69) is 12.2 Å². The highest BCUT2D eigenvalue weighted by Gasteiger charge is 2.36. The summed E-state index contributed by atoms with van der Waals surface area (Å²) in [6.45, 7) is 1.88. The van der Waals surface area contributed by atoms with E-state index in [1.807, 2.05) is 24.3 Å². The van der Waals surface area contributed by atoms with Crippen LogP contribution in [0.2, 0.25) is 5.02 Å². The van der Waals surface area contributed by atoms with Crippen molar-refractivity contribution >= 4 is 40.7 Å². The third-order valence-corrected chi connectivity index (χ3v) is 5.29. The largest absolute Gasteiger partial charge is 0.484 e. The summed E-state index contributed by atoms with van der Waals surface area (Å²) in [5, 5.41) is 2.88. The maximum Gasteiger partial charge on any atom is 0.266 e. The number of hydrogen-bond donors (Lipinski definition) is 1. The molecule has 1 aliphatic rings. The monoisotopic (exact) mass is 434 g/mol. The van der Waals surface area contributed by atoms with Crippen molar-refractivity contribution in [1.82, 2.24) is 0 Å². The first kappa shape index (κ1) is 20.6. The van der Waals surface area contributed by atoms with Gasteiger partial charge < -0.3 is 10.1 Å². The molecule has 3 aromatic rings. The Morgan fingerprint density at radius 3 is 2.19 bits per heavy atom. The minimum atomic E-state index is -0.407. The summed E-state index contributed by atoms with van der Waals surface area (Å²) >= 11 is 6.30. The molecule has 0 fully saturated rings. The van der Waals surface area contributed by atoms with Crippen LogP contribution in [0.1, 0.15) is 33.2 Å². The summed E-state index contributed by atoms with van der Waals surface area (Å²) in [6.07, 6.45) is 0.927. The van der Waals surface area contributed by atoms with Gasteiger partial charge in [-0.25, -0.2) is 4.90 Å². The maximum absolute atomic E-state index is 12.6. The van der Waals surface area contributed by atoms with E-state index in [-0.39, 0.29) is 17.5 Å². The molecule has 0 radical (unpaired) electrons. The van der Waals surface area contributed by atoms with Crippen molar-refractivity contribution < 1.29 is 19.1 Å². The quantitative estimate of drug-likeness (QED) is 0.569. The molecule has 0 aromatic heterocycles. The first-order valence-corrected chi connectivity index (χ1v) is 10.1. The molecule has 156 valence electrons. The molecule has 6 nitrogen and oxygen atoms in total. The fourth-order valence-electron chi connectivity index (χ4n) is 3.32. The van der Waals surface area contributed by atoms with Gasteiger partial charge in [0.05, 0.1) is 27.5 Å². The molecular weight excluding hydrogens is 416 g/mol. The Kier molecular flexibility index (Phi) is 5.73. The molecule has 3 aromatic carbocycles. The van der Waals surface area contributed by atoms with Gasteiger partial charge in [-0.15, -0.1) is 0 Å². The second-order valence-corrected chi connectivity index (χ2v) is 7.40. The lowest BCUT2D eigenvalue weighted by Crippen LogP contribution is -2.29. The number of hydrogen-bond acceptors (Lipinski definition) is 4. The molecule has 0 saturated carbocycles. The second-order valence-electron chi connectivity index (χ2n) is 6.99. The normalized spacial score (nSPS) is 12.6. The summed E-state index contributed by atoms with van der Waals surface area (Å²) in [7, 11) is 0. The van der Waals surface area contributed by atoms with E-state index in [0.29, 0.717) is 28.3 Å². The first-order chi connectivity index (χ1) is 15.0. The topological polar surface area (TPSA) is 75.7 Å². The molecule has 7 heteroatoms. The predicted octanol–water partition coefficient (Wildman–Crippen LogP) is 4.72. The van der Waals surface area contributed by atoms with Crippen LogP contribution in [0, 0.1) is 0 Å². The van der Waals surface area contributed by atoms with Crippen LogP contribution in [-0.2, 0) is 11.2 Å². The molecule has 0 saturated heterocycles. The number of ether oxygens (including phenoxy) is 1. The van der Waals surface area contributed by atoms with Gasteiger partial charge in [0.1, 0.15) is 5.75 Å². The van der Waals surface area contributed by atoms with Gasteiger partial charge in [0, 0.05) is 0 Å². The Morgan fingerprint density at radius 2 is 1.61 bits per heavy atom. The van der Waals surface area contributed by atoms with Crippen molar-refractivity contribution in [3.8, 4) is 5.75 Å². The van der Waals surface area contributed by atoms with E-state index < -0.39 is 11.8 Å². The van der Waals surface area contributed by atoms with Crippen molar-refractivity contribution in [2.45, 2.75) is 13.3 Å². The van der Waals surface area contributed by atoms with E-state index in [4.69, 9.17) is 16.3 Å². The van der Waals surface area contributed by atoms with Gasteiger partial charge in [-0.3, -0.25) is 14.4 Å². The van der Waals surface area contributed by atoms with Gasteiger partial charge in [-0.1, -0.05) is 42.8 Å². The lowest BCUT2D eigenvalue weighted by atomic mass is 10.1. The van der Waals surface area contributed by atoms with E-state index >= 15 is 0 Å². The number of amides is 3. The number of carbonyl (C=O) groups excluding carboxylic acids is 3. The molecule has 4 rings (SSSR count). The molecule has 0 aliphatic carbocycles. The Morgan fingerprint density at radius 1 is 0.968 bits per heavy atom. The smallest absolute Gasteiger partial charge is 0.266 e. The SMILES string of the molecule is CCc1ccc(OCC(=O)Nc2ccc(N3C(=O)c4ccccc4C3=O)cc2Cl)cc1. The average molecular weight is 435 g/mol. The van der Waals surface area contributed by atoms with Crippen molar-refractivity contribution in [2.75, 3.05) is 16.8 Å². The molecular formula is C24H19ClN2O4. The van der Waals surface area contributed by atoms with Crippen LogP contribution in [0.5, 0.6) is 5.75 Å². The third kappa shape index (κ3) is 4.15. The molecule has 1 N–H and O–H groups in total. The first-order valence-electron chi connectivity index (χ1n) is 9.77. The number of benzene rings is 3. The van der Waals surface area contributed by atoms with E-state index in [1.165, 1.54) is 11.6 Å². The van der Waals surface area contributed by atoms with Crippen molar-refractivity contribution in [3.63, 3.8) is 0 Å². The van der Waals surface area contributed by atoms with Gasteiger partial charge >= 0.3 is 0 Å². The van der Waals surface area contributed by atoms with Crippen molar-refractivity contribution in [2.24, 2.45) is 0 Å². The molecule has 1 aliphatic heterocycles. The van der Waals surface area contributed by atoms with Crippen LogP contribution in [-0.4, -0.2) is 24.3 Å². The Hall–Kier alpha value is -3.64. The van der Waals surface area contributed by atoms with Crippen LogP contribution < -0.4 is 15.0 Å². The lowest BCUT2D eigenvalue weighted by molar-refractivity contribution is -0.118. The zero-order valence-electron chi connectivity index (χ0n) is 16.7. The van der Waals surface area contributed by atoms with Crippen LogP contribution in [0.3, 0.4) is 0 Å². The minimum absolute atomic E-state index is 0.179. The Bertz CT molecular complexity index is 1140. The van der Waals surface area contributed by atoms with Crippen LogP contribution in [0.4, 0.5) is 11.4 Å². The second kappa shape index (κ2) is 8.62. The number of fused-ring (bicyclic) bond motifs is 1. The summed E-state index contributed by atoms with van der Waals surface area (Å²) in [5.41, 5.74) is 2.58. The number of imide groups is 1.